The highest BCUT2D eigenvalue weighted by molar-refractivity contribution is 5.92. The van der Waals surface area contributed by atoms with E-state index in [0.29, 0.717) is 12.8 Å². The van der Waals surface area contributed by atoms with Crippen molar-refractivity contribution < 1.29 is 19.1 Å². The maximum absolute atomic E-state index is 11.7. The molecule has 30 heavy (non-hydrogen) atoms. The lowest BCUT2D eigenvalue weighted by Crippen LogP contribution is -2.20. The second kappa shape index (κ2) is 7.13. The zero-order valence-corrected chi connectivity index (χ0v) is 17.0. The number of benzene rings is 3. The van der Waals surface area contributed by atoms with Crippen molar-refractivity contribution in [2.24, 2.45) is 0 Å². The van der Waals surface area contributed by atoms with Gasteiger partial charge in [0.15, 0.2) is 0 Å². The fraction of sp³-hybridized carbons (Fsp3) is 0.231. The van der Waals surface area contributed by atoms with Crippen LogP contribution in [0.5, 0.6) is 0 Å². The van der Waals surface area contributed by atoms with Crippen molar-refractivity contribution in [3.63, 3.8) is 0 Å². The van der Waals surface area contributed by atoms with Gasteiger partial charge in [-0.2, -0.15) is 0 Å². The first-order valence-corrected chi connectivity index (χ1v) is 10.2. The molecule has 2 atom stereocenters. The molecule has 2 aliphatic rings. The summed E-state index contributed by atoms with van der Waals surface area (Å²) in [7, 11) is 0. The largest absolute Gasteiger partial charge is 0.457 e. The number of fused-ring (bicyclic) bond motifs is 7. The third-order valence-corrected chi connectivity index (χ3v) is 5.96. The fourth-order valence-electron chi connectivity index (χ4n) is 4.89. The van der Waals surface area contributed by atoms with Gasteiger partial charge in [0.1, 0.15) is 12.2 Å². The first-order valence-electron chi connectivity index (χ1n) is 10.2. The van der Waals surface area contributed by atoms with E-state index in [-0.39, 0.29) is 24.1 Å². The molecule has 2 aliphatic carbocycles. The molecule has 4 heteroatoms. The molecule has 0 spiro atoms. The predicted molar refractivity (Wildman–Crippen MR) is 114 cm³/mol. The Morgan fingerprint density at radius 2 is 1.07 bits per heavy atom. The van der Waals surface area contributed by atoms with Gasteiger partial charge in [-0.1, -0.05) is 60.7 Å². The first kappa shape index (κ1) is 18.6. The van der Waals surface area contributed by atoms with Crippen LogP contribution in [-0.2, 0) is 31.9 Å². The van der Waals surface area contributed by atoms with Crippen molar-refractivity contribution in [3.8, 4) is 22.3 Å². The maximum Gasteiger partial charge on any atom is 0.303 e. The van der Waals surface area contributed by atoms with E-state index in [1.807, 2.05) is 36.4 Å². The highest BCUT2D eigenvalue weighted by atomic mass is 16.5. The monoisotopic (exact) mass is 398 g/mol. The molecule has 0 bridgehead atoms. The zero-order valence-electron chi connectivity index (χ0n) is 17.0. The minimum Gasteiger partial charge on any atom is -0.457 e. The van der Waals surface area contributed by atoms with Gasteiger partial charge in [-0.3, -0.25) is 9.59 Å². The van der Waals surface area contributed by atoms with E-state index < -0.39 is 0 Å². The van der Waals surface area contributed by atoms with E-state index in [1.165, 1.54) is 36.1 Å². The molecule has 4 nitrogen and oxygen atoms in total. The van der Waals surface area contributed by atoms with Crippen LogP contribution in [0.3, 0.4) is 0 Å². The molecular weight excluding hydrogens is 376 g/mol. The van der Waals surface area contributed by atoms with Gasteiger partial charge >= 0.3 is 11.9 Å². The summed E-state index contributed by atoms with van der Waals surface area (Å²) in [6.07, 6.45) is 0.734. The van der Waals surface area contributed by atoms with Crippen molar-refractivity contribution in [2.45, 2.75) is 38.9 Å². The topological polar surface area (TPSA) is 52.6 Å². The SMILES string of the molecule is CC(=O)OC1Cc2ccc3c(c2-c2ccccc21)-c1ccccc1C(OC(C)=O)C3. The Morgan fingerprint density at radius 3 is 1.47 bits per heavy atom. The smallest absolute Gasteiger partial charge is 0.303 e. The summed E-state index contributed by atoms with van der Waals surface area (Å²) in [5, 5.41) is 0. The van der Waals surface area contributed by atoms with Gasteiger partial charge in [0.05, 0.1) is 0 Å². The molecule has 0 N–H and O–H groups in total. The van der Waals surface area contributed by atoms with Crippen LogP contribution in [0.2, 0.25) is 0 Å². The van der Waals surface area contributed by atoms with E-state index in [0.717, 1.165) is 22.3 Å². The molecule has 0 aromatic heterocycles. The van der Waals surface area contributed by atoms with E-state index in [2.05, 4.69) is 24.3 Å². The van der Waals surface area contributed by atoms with E-state index in [9.17, 15) is 9.59 Å². The Hall–Kier alpha value is -3.40. The Kier molecular flexibility index (Phi) is 4.43. The summed E-state index contributed by atoms with van der Waals surface area (Å²) < 4.78 is 11.3. The van der Waals surface area contributed by atoms with E-state index in [1.54, 1.807) is 0 Å². The third-order valence-electron chi connectivity index (χ3n) is 5.96. The molecule has 5 rings (SSSR count). The number of carbonyl (C=O) groups excluding carboxylic acids is 2. The van der Waals surface area contributed by atoms with Gasteiger partial charge in [-0.05, 0) is 33.4 Å². The second-order valence-corrected chi connectivity index (χ2v) is 7.91. The van der Waals surface area contributed by atoms with Gasteiger partial charge in [0, 0.05) is 37.8 Å². The van der Waals surface area contributed by atoms with Crippen LogP contribution < -0.4 is 0 Å². The molecule has 0 saturated heterocycles. The number of rotatable bonds is 2. The second-order valence-electron chi connectivity index (χ2n) is 7.91. The average Bonchev–Trinajstić information content (AvgIpc) is 2.73. The lowest BCUT2D eigenvalue weighted by atomic mass is 9.74. The average molecular weight is 398 g/mol. The van der Waals surface area contributed by atoms with Crippen LogP contribution in [0.25, 0.3) is 22.3 Å². The summed E-state index contributed by atoms with van der Waals surface area (Å²) in [6, 6.07) is 20.6. The van der Waals surface area contributed by atoms with Gasteiger partial charge in [-0.15, -0.1) is 0 Å². The molecule has 0 radical (unpaired) electrons. The van der Waals surface area contributed by atoms with Gasteiger partial charge < -0.3 is 9.47 Å². The Labute approximate surface area is 175 Å². The fourth-order valence-corrected chi connectivity index (χ4v) is 4.89. The molecule has 0 fully saturated rings. The summed E-state index contributed by atoms with van der Waals surface area (Å²) in [5.74, 6) is -0.545. The van der Waals surface area contributed by atoms with E-state index in [4.69, 9.17) is 9.47 Å². The highest BCUT2D eigenvalue weighted by Crippen LogP contribution is 2.50. The van der Waals surface area contributed by atoms with Crippen LogP contribution in [0.15, 0.2) is 60.7 Å². The quantitative estimate of drug-likeness (QED) is 0.547. The molecule has 3 aromatic carbocycles. The molecule has 0 amide bonds. The summed E-state index contributed by atoms with van der Waals surface area (Å²) in [4.78, 5) is 23.4. The molecular formula is C26H22O4. The first-order chi connectivity index (χ1) is 14.5. The molecule has 0 saturated carbocycles. The normalized spacial score (nSPS) is 18.3. The molecule has 150 valence electrons. The number of hydrogen-bond donors (Lipinski definition) is 0. The Balaban J connectivity index is 1.72. The van der Waals surface area contributed by atoms with Crippen molar-refractivity contribution in [1.29, 1.82) is 0 Å². The maximum atomic E-state index is 11.7. The van der Waals surface area contributed by atoms with Crippen LogP contribution in [0, 0.1) is 0 Å². The van der Waals surface area contributed by atoms with Gasteiger partial charge in [0.25, 0.3) is 0 Å². The van der Waals surface area contributed by atoms with Crippen molar-refractivity contribution in [3.05, 3.63) is 82.9 Å². The molecule has 3 aromatic rings. The number of ether oxygens (including phenoxy) is 2. The standard InChI is InChI=1S/C26H22O4/c1-15(27)29-23-13-17-11-12-18-14-24(30-16(2)28)20-8-4-6-10-22(20)26(18)25(17)21-9-5-3-7-19(21)23/h3-12,23-24H,13-14H2,1-2H3. The lowest BCUT2D eigenvalue weighted by molar-refractivity contribution is -0.147. The van der Waals surface area contributed by atoms with Crippen LogP contribution in [0.4, 0.5) is 0 Å². The Bertz CT molecular complexity index is 1080. The zero-order chi connectivity index (χ0) is 20.8. The molecule has 0 heterocycles. The van der Waals surface area contributed by atoms with Gasteiger partial charge in [0.2, 0.25) is 0 Å². The van der Waals surface area contributed by atoms with E-state index >= 15 is 0 Å². The van der Waals surface area contributed by atoms with Crippen LogP contribution in [0.1, 0.15) is 48.3 Å². The van der Waals surface area contributed by atoms with Crippen molar-refractivity contribution >= 4 is 11.9 Å². The Morgan fingerprint density at radius 1 is 0.667 bits per heavy atom. The minimum atomic E-state index is -0.281. The van der Waals surface area contributed by atoms with Gasteiger partial charge in [-0.25, -0.2) is 0 Å². The lowest BCUT2D eigenvalue weighted by Gasteiger charge is -2.34. The van der Waals surface area contributed by atoms with Crippen LogP contribution >= 0.6 is 0 Å². The molecule has 0 aliphatic heterocycles. The molecule has 2 unspecified atom stereocenters. The summed E-state index contributed by atoms with van der Waals surface area (Å²) >= 11 is 0. The summed E-state index contributed by atoms with van der Waals surface area (Å²) in [6.45, 7) is 2.91. The number of hydrogen-bond acceptors (Lipinski definition) is 4. The van der Waals surface area contributed by atoms with Crippen molar-refractivity contribution in [1.82, 2.24) is 0 Å². The predicted octanol–water partition coefficient (Wildman–Crippen LogP) is 5.34. The minimum absolute atomic E-state index is 0.272. The number of carbonyl (C=O) groups is 2. The number of esters is 2. The summed E-state index contributed by atoms with van der Waals surface area (Å²) in [5.41, 5.74) is 8.99. The highest BCUT2D eigenvalue weighted by Gasteiger charge is 2.34. The van der Waals surface area contributed by atoms with Crippen molar-refractivity contribution in [2.75, 3.05) is 0 Å². The van der Waals surface area contributed by atoms with Crippen LogP contribution in [-0.4, -0.2) is 11.9 Å². The third kappa shape index (κ3) is 3.00.